The highest BCUT2D eigenvalue weighted by molar-refractivity contribution is 5.51. The van der Waals surface area contributed by atoms with Crippen molar-refractivity contribution in [2.24, 2.45) is 0 Å². The summed E-state index contributed by atoms with van der Waals surface area (Å²) < 4.78 is 6.21. The van der Waals surface area contributed by atoms with Crippen LogP contribution >= 0.6 is 0 Å². The zero-order valence-corrected chi connectivity index (χ0v) is 16.6. The Balaban J connectivity index is 1.49. The minimum atomic E-state index is -0.359. The number of quaternary nitrogens is 1. The molecule has 2 aliphatic rings. The average molecular weight is 372 g/mol. The molecule has 0 spiro atoms. The van der Waals surface area contributed by atoms with Gasteiger partial charge in [-0.3, -0.25) is 10.1 Å². The number of hydrogen-bond donors (Lipinski definition) is 1. The molecule has 0 bridgehead atoms. The molecule has 0 aliphatic carbocycles. The molecule has 1 atom stereocenters. The van der Waals surface area contributed by atoms with E-state index in [0.29, 0.717) is 0 Å². The fourth-order valence-electron chi connectivity index (χ4n) is 4.05. The fourth-order valence-corrected chi connectivity index (χ4v) is 4.05. The van der Waals surface area contributed by atoms with Crippen LogP contribution in [-0.4, -0.2) is 48.8 Å². The Morgan fingerprint density at radius 1 is 1.19 bits per heavy atom. The van der Waals surface area contributed by atoms with Crippen LogP contribution < -0.4 is 9.80 Å². The molecule has 3 rings (SSSR count). The van der Waals surface area contributed by atoms with Crippen LogP contribution in [0.1, 0.15) is 40.0 Å². The summed E-state index contributed by atoms with van der Waals surface area (Å²) in [5.41, 5.74) is 0.795. The molecule has 146 valence electrons. The lowest BCUT2D eigenvalue weighted by Gasteiger charge is -2.40. The molecule has 2 heterocycles. The van der Waals surface area contributed by atoms with Crippen molar-refractivity contribution in [1.29, 1.82) is 0 Å². The summed E-state index contributed by atoms with van der Waals surface area (Å²) in [6, 6.07) is 6.83. The van der Waals surface area contributed by atoms with Crippen molar-refractivity contribution in [2.45, 2.75) is 51.2 Å². The summed E-state index contributed by atoms with van der Waals surface area (Å²) in [6.07, 6.45) is 3.27. The molecule has 1 aromatic rings. The first-order valence-electron chi connectivity index (χ1n) is 9.80. The number of hydrogen-bond acceptors (Lipinski definition) is 4. The normalized spacial score (nSPS) is 25.5. The largest absolute Gasteiger partial charge is 0.360 e. The molecule has 6 nitrogen and oxygen atoms in total. The number of anilines is 1. The Morgan fingerprint density at radius 2 is 1.85 bits per heavy atom. The standard InChI is InChI=1S/C21H29N3O3/c1-20(2)10-4-11-21(3,27-20)12-5-13-22-14-16-23(17-15-22)18-6-8-19(9-7-18)24(25)26/h6-9H,4,10-11,13-17H2,1-3H3/p+1/t21-/m1/s1. The Hall–Kier alpha value is -2.10. The highest BCUT2D eigenvalue weighted by atomic mass is 16.6. The minimum Gasteiger partial charge on any atom is -0.360 e. The van der Waals surface area contributed by atoms with E-state index in [9.17, 15) is 10.1 Å². The van der Waals surface area contributed by atoms with Gasteiger partial charge in [-0.15, -0.1) is 0 Å². The maximum absolute atomic E-state index is 10.8. The fraction of sp³-hybridized carbons (Fsp3) is 0.619. The van der Waals surface area contributed by atoms with Crippen molar-refractivity contribution < 1.29 is 14.6 Å². The topological polar surface area (TPSA) is 60.0 Å². The third kappa shape index (κ3) is 5.21. The van der Waals surface area contributed by atoms with E-state index in [1.54, 1.807) is 12.1 Å². The van der Waals surface area contributed by atoms with Crippen molar-refractivity contribution in [3.05, 3.63) is 34.4 Å². The first-order valence-corrected chi connectivity index (χ1v) is 9.80. The first-order chi connectivity index (χ1) is 12.8. The van der Waals surface area contributed by atoms with Crippen molar-refractivity contribution in [3.8, 4) is 11.8 Å². The molecule has 6 heteroatoms. The predicted molar refractivity (Wildman–Crippen MR) is 106 cm³/mol. The lowest BCUT2D eigenvalue weighted by atomic mass is 9.88. The molecule has 0 saturated carbocycles. The zero-order valence-electron chi connectivity index (χ0n) is 16.6. The van der Waals surface area contributed by atoms with Crippen molar-refractivity contribution >= 4 is 11.4 Å². The molecule has 1 N–H and O–H groups in total. The number of piperazine rings is 1. The van der Waals surface area contributed by atoms with Gasteiger partial charge in [-0.1, -0.05) is 5.92 Å². The van der Waals surface area contributed by atoms with Crippen LogP contribution in [0, 0.1) is 22.0 Å². The number of nitrogens with one attached hydrogen (secondary N) is 1. The van der Waals surface area contributed by atoms with Gasteiger partial charge in [0.25, 0.3) is 5.69 Å². The first kappa shape index (κ1) is 19.7. The maximum atomic E-state index is 10.8. The average Bonchev–Trinajstić information content (AvgIpc) is 2.61. The van der Waals surface area contributed by atoms with Gasteiger partial charge in [0.05, 0.1) is 36.7 Å². The van der Waals surface area contributed by atoms with E-state index in [1.807, 2.05) is 12.1 Å². The van der Waals surface area contributed by atoms with Crippen LogP contribution in [0.4, 0.5) is 11.4 Å². The van der Waals surface area contributed by atoms with Gasteiger partial charge in [0, 0.05) is 17.8 Å². The minimum absolute atomic E-state index is 0.0785. The van der Waals surface area contributed by atoms with Crippen LogP contribution in [0.15, 0.2) is 24.3 Å². The second-order valence-corrected chi connectivity index (χ2v) is 8.44. The summed E-state index contributed by atoms with van der Waals surface area (Å²) in [7, 11) is 0. The second kappa shape index (κ2) is 7.87. The van der Waals surface area contributed by atoms with Crippen LogP contribution in [0.25, 0.3) is 0 Å². The van der Waals surface area contributed by atoms with Gasteiger partial charge in [-0.25, -0.2) is 0 Å². The van der Waals surface area contributed by atoms with E-state index in [-0.39, 0.29) is 21.8 Å². The van der Waals surface area contributed by atoms with E-state index in [0.717, 1.165) is 51.3 Å². The van der Waals surface area contributed by atoms with Gasteiger partial charge in [0.2, 0.25) is 0 Å². The van der Waals surface area contributed by atoms with Gasteiger partial charge in [0.15, 0.2) is 0 Å². The third-order valence-corrected chi connectivity index (χ3v) is 5.52. The Kier molecular flexibility index (Phi) is 5.73. The molecule has 0 unspecified atom stereocenters. The molecule has 2 fully saturated rings. The summed E-state index contributed by atoms with van der Waals surface area (Å²) >= 11 is 0. The van der Waals surface area contributed by atoms with Crippen molar-refractivity contribution in [3.63, 3.8) is 0 Å². The van der Waals surface area contributed by atoms with Gasteiger partial charge in [0.1, 0.15) is 12.1 Å². The molecule has 0 amide bonds. The number of nitro benzene ring substituents is 1. The van der Waals surface area contributed by atoms with Crippen LogP contribution in [0.5, 0.6) is 0 Å². The molecule has 27 heavy (non-hydrogen) atoms. The molecular weight excluding hydrogens is 342 g/mol. The van der Waals surface area contributed by atoms with Crippen LogP contribution in [0.2, 0.25) is 0 Å². The van der Waals surface area contributed by atoms with Crippen LogP contribution in [-0.2, 0) is 4.74 Å². The number of nitro groups is 1. The van der Waals surface area contributed by atoms with E-state index in [2.05, 4.69) is 37.5 Å². The van der Waals surface area contributed by atoms with Gasteiger partial charge >= 0.3 is 0 Å². The predicted octanol–water partition coefficient (Wildman–Crippen LogP) is 2.04. The summed E-state index contributed by atoms with van der Waals surface area (Å²) in [5.74, 6) is 6.76. The lowest BCUT2D eigenvalue weighted by molar-refractivity contribution is -0.893. The maximum Gasteiger partial charge on any atom is 0.269 e. The Morgan fingerprint density at radius 3 is 2.44 bits per heavy atom. The quantitative estimate of drug-likeness (QED) is 0.501. The summed E-state index contributed by atoms with van der Waals surface area (Å²) in [6.45, 7) is 11.2. The van der Waals surface area contributed by atoms with Crippen molar-refractivity contribution in [1.82, 2.24) is 0 Å². The molecule has 0 aromatic heterocycles. The van der Waals surface area contributed by atoms with E-state index in [1.165, 1.54) is 11.3 Å². The molecule has 1 aromatic carbocycles. The third-order valence-electron chi connectivity index (χ3n) is 5.52. The van der Waals surface area contributed by atoms with Gasteiger partial charge in [-0.2, -0.15) is 0 Å². The SMILES string of the molecule is CC1(C)CCC[C@](C)(C#CC[NH+]2CCN(c3ccc([N+](=O)[O-])cc3)CC2)O1. The van der Waals surface area contributed by atoms with Crippen LogP contribution in [0.3, 0.4) is 0 Å². The van der Waals surface area contributed by atoms with E-state index in [4.69, 9.17) is 4.74 Å². The highest BCUT2D eigenvalue weighted by Gasteiger charge is 2.36. The Bertz CT molecular complexity index is 727. The number of benzene rings is 1. The number of nitrogens with zero attached hydrogens (tertiary/aromatic N) is 2. The van der Waals surface area contributed by atoms with E-state index < -0.39 is 0 Å². The van der Waals surface area contributed by atoms with Crippen molar-refractivity contribution in [2.75, 3.05) is 37.6 Å². The van der Waals surface area contributed by atoms with Gasteiger partial charge < -0.3 is 14.5 Å². The Labute approximate surface area is 161 Å². The number of ether oxygens (including phenoxy) is 1. The molecular formula is C21H30N3O3+. The lowest BCUT2D eigenvalue weighted by Crippen LogP contribution is -3.14. The summed E-state index contributed by atoms with van der Waals surface area (Å²) in [5, 5.41) is 10.8. The number of non-ortho nitro benzene ring substituents is 1. The zero-order chi connectivity index (χ0) is 19.5. The second-order valence-electron chi connectivity index (χ2n) is 8.44. The smallest absolute Gasteiger partial charge is 0.269 e. The molecule has 2 saturated heterocycles. The monoisotopic (exact) mass is 372 g/mol. The van der Waals surface area contributed by atoms with Gasteiger partial charge in [-0.05, 0) is 58.1 Å². The molecule has 2 aliphatic heterocycles. The number of rotatable bonds is 3. The highest BCUT2D eigenvalue weighted by Crippen LogP contribution is 2.34. The summed E-state index contributed by atoms with van der Waals surface area (Å²) in [4.78, 5) is 14.2. The molecule has 0 radical (unpaired) electrons. The van der Waals surface area contributed by atoms with E-state index >= 15 is 0 Å².